The van der Waals surface area contributed by atoms with Crippen molar-refractivity contribution in [2.24, 2.45) is 0 Å². The minimum atomic E-state index is -0.388. The average molecular weight is 349 g/mol. The predicted molar refractivity (Wildman–Crippen MR) is 85.6 cm³/mol. The molecule has 0 fully saturated rings. The molecule has 0 amide bonds. The van der Waals surface area contributed by atoms with Crippen molar-refractivity contribution in [1.82, 2.24) is 20.2 Å². The van der Waals surface area contributed by atoms with Crippen LogP contribution in [0.15, 0.2) is 53.7 Å². The maximum atomic E-state index is 13.3. The zero-order valence-corrected chi connectivity index (χ0v) is 13.3. The molecule has 0 saturated heterocycles. The Bertz CT molecular complexity index is 855. The maximum Gasteiger partial charge on any atom is 0.214 e. The molecule has 5 nitrogen and oxygen atoms in total. The Kier molecular flexibility index (Phi) is 4.68. The van der Waals surface area contributed by atoms with Crippen molar-refractivity contribution in [3.05, 3.63) is 64.9 Å². The fourth-order valence-corrected chi connectivity index (χ4v) is 2.95. The molecule has 0 N–H and O–H groups in total. The Morgan fingerprint density at radius 2 is 2.04 bits per heavy atom. The highest BCUT2D eigenvalue weighted by Crippen LogP contribution is 2.22. The van der Waals surface area contributed by atoms with Gasteiger partial charge in [0.1, 0.15) is 5.82 Å². The number of thioether (sulfide) groups is 1. The van der Waals surface area contributed by atoms with E-state index in [0.717, 1.165) is 11.8 Å². The van der Waals surface area contributed by atoms with E-state index in [1.807, 2.05) is 0 Å². The summed E-state index contributed by atoms with van der Waals surface area (Å²) < 4.78 is 14.7. The summed E-state index contributed by atoms with van der Waals surface area (Å²) in [4.78, 5) is 12.2. The molecule has 0 unspecified atom stereocenters. The van der Waals surface area contributed by atoms with Gasteiger partial charge in [-0.05, 0) is 40.8 Å². The molecule has 0 spiro atoms. The summed E-state index contributed by atoms with van der Waals surface area (Å²) in [5.41, 5.74) is 0.939. The molecule has 116 valence electrons. The normalized spacial score (nSPS) is 10.7. The number of carbonyl (C=O) groups excluding carboxylic acids is 1. The zero-order valence-electron chi connectivity index (χ0n) is 11.7. The minimum absolute atomic E-state index is 0.124. The van der Waals surface area contributed by atoms with Gasteiger partial charge in [-0.3, -0.25) is 4.79 Å². The van der Waals surface area contributed by atoms with E-state index in [1.165, 1.54) is 16.8 Å². The Labute approximate surface area is 140 Å². The molecule has 23 heavy (non-hydrogen) atoms. The predicted octanol–water partition coefficient (Wildman–Crippen LogP) is 3.43. The van der Waals surface area contributed by atoms with Gasteiger partial charge in [-0.2, -0.15) is 4.68 Å². The summed E-state index contributed by atoms with van der Waals surface area (Å²) in [5, 5.41) is 12.1. The molecule has 0 aliphatic carbocycles. The van der Waals surface area contributed by atoms with E-state index in [1.54, 1.807) is 36.4 Å². The van der Waals surface area contributed by atoms with E-state index in [0.29, 0.717) is 21.4 Å². The molecule has 2 aromatic carbocycles. The van der Waals surface area contributed by atoms with Crippen molar-refractivity contribution >= 4 is 29.1 Å². The van der Waals surface area contributed by atoms with Gasteiger partial charge in [0.2, 0.25) is 5.16 Å². The first-order chi connectivity index (χ1) is 11.1. The number of aromatic nitrogens is 4. The third-order valence-corrected chi connectivity index (χ3v) is 4.25. The average Bonchev–Trinajstić information content (AvgIpc) is 3.01. The van der Waals surface area contributed by atoms with Crippen molar-refractivity contribution in [2.45, 2.75) is 5.16 Å². The van der Waals surface area contributed by atoms with Gasteiger partial charge in [-0.25, -0.2) is 4.39 Å². The topological polar surface area (TPSA) is 60.7 Å². The molecule has 8 heteroatoms. The van der Waals surface area contributed by atoms with Gasteiger partial charge < -0.3 is 0 Å². The van der Waals surface area contributed by atoms with Gasteiger partial charge >= 0.3 is 0 Å². The zero-order chi connectivity index (χ0) is 16.2. The number of Topliss-reactive ketones (excluding diaryl/α,β-unsaturated/α-hetero) is 1. The third kappa shape index (κ3) is 3.57. The summed E-state index contributed by atoms with van der Waals surface area (Å²) in [5.74, 6) is -0.394. The number of halogens is 2. The standard InChI is InChI=1S/C15H10ClFN4OS/c16-13-7-2-1-6-12(13)14(22)9-23-15-18-19-20-21(15)11-5-3-4-10(17)8-11/h1-8H,9H2. The second-order valence-corrected chi connectivity index (χ2v) is 5.89. The van der Waals surface area contributed by atoms with Gasteiger partial charge in [0.05, 0.1) is 16.5 Å². The largest absolute Gasteiger partial charge is 0.293 e. The molecule has 0 saturated carbocycles. The first-order valence-corrected chi connectivity index (χ1v) is 7.96. The number of hydrogen-bond donors (Lipinski definition) is 0. The van der Waals surface area contributed by atoms with Crippen molar-refractivity contribution in [3.8, 4) is 5.69 Å². The molecule has 0 aliphatic rings. The van der Waals surface area contributed by atoms with Gasteiger partial charge in [-0.15, -0.1) is 5.10 Å². The van der Waals surface area contributed by atoms with Crippen molar-refractivity contribution in [2.75, 3.05) is 5.75 Å². The first-order valence-electron chi connectivity index (χ1n) is 6.60. The van der Waals surface area contributed by atoms with E-state index < -0.39 is 0 Å². The van der Waals surface area contributed by atoms with E-state index in [9.17, 15) is 9.18 Å². The molecule has 0 radical (unpaired) electrons. The molecular weight excluding hydrogens is 339 g/mol. The number of benzene rings is 2. The van der Waals surface area contributed by atoms with Gasteiger partial charge in [0, 0.05) is 5.56 Å². The number of tetrazole rings is 1. The molecule has 3 rings (SSSR count). The van der Waals surface area contributed by atoms with Crippen LogP contribution in [-0.2, 0) is 0 Å². The van der Waals surface area contributed by atoms with Crippen LogP contribution in [0.3, 0.4) is 0 Å². The van der Waals surface area contributed by atoms with Crippen LogP contribution in [0, 0.1) is 5.82 Å². The lowest BCUT2D eigenvalue weighted by atomic mass is 10.1. The number of nitrogens with zero attached hydrogens (tertiary/aromatic N) is 4. The summed E-state index contributed by atoms with van der Waals surface area (Å²) in [6.07, 6.45) is 0. The van der Waals surface area contributed by atoms with Crippen LogP contribution in [0.1, 0.15) is 10.4 Å². The monoisotopic (exact) mass is 348 g/mol. The van der Waals surface area contributed by atoms with Gasteiger partial charge in [0.15, 0.2) is 5.78 Å². The van der Waals surface area contributed by atoms with Gasteiger partial charge in [0.25, 0.3) is 0 Å². The van der Waals surface area contributed by atoms with Crippen LogP contribution in [0.25, 0.3) is 5.69 Å². The second-order valence-electron chi connectivity index (χ2n) is 4.54. The van der Waals surface area contributed by atoms with E-state index in [4.69, 9.17) is 11.6 Å². The lowest BCUT2D eigenvalue weighted by molar-refractivity contribution is 0.102. The fraction of sp³-hybridized carbons (Fsp3) is 0.0667. The fourth-order valence-electron chi connectivity index (χ4n) is 1.93. The molecule has 0 aliphatic heterocycles. The lowest BCUT2D eigenvalue weighted by Crippen LogP contribution is -2.05. The summed E-state index contributed by atoms with van der Waals surface area (Å²) >= 11 is 7.17. The maximum absolute atomic E-state index is 13.3. The van der Waals surface area contributed by atoms with E-state index in [2.05, 4.69) is 15.5 Å². The lowest BCUT2D eigenvalue weighted by Gasteiger charge is -2.05. The number of ketones is 1. The van der Waals surface area contributed by atoms with Crippen LogP contribution >= 0.6 is 23.4 Å². The number of hydrogen-bond acceptors (Lipinski definition) is 5. The molecular formula is C15H10ClFN4OS. The minimum Gasteiger partial charge on any atom is -0.293 e. The number of carbonyl (C=O) groups is 1. The first kappa shape index (κ1) is 15.6. The Morgan fingerprint density at radius 1 is 1.22 bits per heavy atom. The van der Waals surface area contributed by atoms with Gasteiger partial charge in [-0.1, -0.05) is 41.6 Å². The highest BCUT2D eigenvalue weighted by molar-refractivity contribution is 7.99. The highest BCUT2D eigenvalue weighted by atomic mass is 35.5. The number of rotatable bonds is 5. The Hall–Kier alpha value is -2.25. The second kappa shape index (κ2) is 6.89. The van der Waals surface area contributed by atoms with Crippen molar-refractivity contribution in [3.63, 3.8) is 0 Å². The highest BCUT2D eigenvalue weighted by Gasteiger charge is 2.14. The van der Waals surface area contributed by atoms with Crippen LogP contribution in [-0.4, -0.2) is 31.7 Å². The SMILES string of the molecule is O=C(CSc1nnnn1-c1cccc(F)c1)c1ccccc1Cl. The Morgan fingerprint density at radius 3 is 2.83 bits per heavy atom. The van der Waals surface area contributed by atoms with Crippen LogP contribution in [0.5, 0.6) is 0 Å². The van der Waals surface area contributed by atoms with Crippen LogP contribution < -0.4 is 0 Å². The molecule has 0 bridgehead atoms. The summed E-state index contributed by atoms with van der Waals surface area (Å²) in [7, 11) is 0. The molecule has 1 heterocycles. The quantitative estimate of drug-likeness (QED) is 0.522. The summed E-state index contributed by atoms with van der Waals surface area (Å²) in [6, 6.07) is 12.7. The van der Waals surface area contributed by atoms with Crippen molar-refractivity contribution < 1.29 is 9.18 Å². The summed E-state index contributed by atoms with van der Waals surface area (Å²) in [6.45, 7) is 0. The molecule has 3 aromatic rings. The smallest absolute Gasteiger partial charge is 0.214 e. The van der Waals surface area contributed by atoms with E-state index >= 15 is 0 Å². The third-order valence-electron chi connectivity index (χ3n) is 3.00. The van der Waals surface area contributed by atoms with Crippen LogP contribution in [0.2, 0.25) is 5.02 Å². The van der Waals surface area contributed by atoms with Crippen LogP contribution in [0.4, 0.5) is 4.39 Å². The molecule has 0 atom stereocenters. The Balaban J connectivity index is 1.76. The molecule has 1 aromatic heterocycles. The van der Waals surface area contributed by atoms with Crippen molar-refractivity contribution in [1.29, 1.82) is 0 Å². The van der Waals surface area contributed by atoms with E-state index in [-0.39, 0.29) is 17.4 Å².